The molecule has 2 aliphatic rings. The molecule has 2 aliphatic heterocycles. The molecule has 9 nitrogen and oxygen atoms in total. The van der Waals surface area contributed by atoms with Gasteiger partial charge in [-0.25, -0.2) is 14.4 Å². The van der Waals surface area contributed by atoms with E-state index >= 15 is 0 Å². The summed E-state index contributed by atoms with van der Waals surface area (Å²) < 4.78 is 11.2. The molecule has 208 valence electrons. The molecule has 3 aromatic carbocycles. The number of anilines is 1. The van der Waals surface area contributed by atoms with Gasteiger partial charge in [0.25, 0.3) is 0 Å². The van der Waals surface area contributed by atoms with E-state index in [1.807, 2.05) is 59.5 Å². The molecule has 2 heterocycles. The maximum Gasteiger partial charge on any atom is 0.410 e. The lowest BCUT2D eigenvalue weighted by molar-refractivity contribution is -0.147. The Morgan fingerprint density at radius 2 is 1.60 bits per heavy atom. The minimum Gasteiger partial charge on any atom is -0.489 e. The first-order valence-electron chi connectivity index (χ1n) is 13.6. The van der Waals surface area contributed by atoms with Crippen molar-refractivity contribution in [3.8, 4) is 5.75 Å². The molecule has 0 aromatic heterocycles. The lowest BCUT2D eigenvalue weighted by atomic mass is 10.0. The van der Waals surface area contributed by atoms with E-state index in [4.69, 9.17) is 9.47 Å². The molecule has 40 heavy (non-hydrogen) atoms. The molecule has 1 unspecified atom stereocenters. The van der Waals surface area contributed by atoms with E-state index in [0.717, 1.165) is 28.8 Å². The average Bonchev–Trinajstić information content (AvgIpc) is 3.15. The van der Waals surface area contributed by atoms with Crippen molar-refractivity contribution in [2.45, 2.75) is 44.4 Å². The maximum absolute atomic E-state index is 12.9. The zero-order chi connectivity index (χ0) is 27.9. The molecule has 3 amide bonds. The lowest BCUT2D eigenvalue weighted by Gasteiger charge is -2.37. The zero-order valence-electron chi connectivity index (χ0n) is 22.2. The molecule has 0 aliphatic carbocycles. The average molecular weight is 544 g/mol. The van der Waals surface area contributed by atoms with Gasteiger partial charge in [-0.05, 0) is 54.2 Å². The third-order valence-electron chi connectivity index (χ3n) is 7.42. The van der Waals surface area contributed by atoms with Crippen LogP contribution in [-0.4, -0.2) is 64.8 Å². The van der Waals surface area contributed by atoms with Crippen LogP contribution >= 0.6 is 0 Å². The van der Waals surface area contributed by atoms with Crippen molar-refractivity contribution in [3.63, 3.8) is 0 Å². The van der Waals surface area contributed by atoms with Gasteiger partial charge in [-0.1, -0.05) is 60.7 Å². The fourth-order valence-corrected chi connectivity index (χ4v) is 5.15. The van der Waals surface area contributed by atoms with E-state index in [0.29, 0.717) is 44.8 Å². The number of amides is 3. The minimum absolute atomic E-state index is 0.00347. The predicted octanol–water partition coefficient (Wildman–Crippen LogP) is 4.95. The Morgan fingerprint density at radius 3 is 2.33 bits per heavy atom. The van der Waals surface area contributed by atoms with Crippen molar-refractivity contribution >= 4 is 23.8 Å². The van der Waals surface area contributed by atoms with Crippen LogP contribution in [0.5, 0.6) is 5.75 Å². The second-order valence-corrected chi connectivity index (χ2v) is 10.1. The van der Waals surface area contributed by atoms with E-state index in [2.05, 4.69) is 5.32 Å². The Labute approximate surface area is 233 Å². The number of carboxylic acids is 1. The fraction of sp³-hybridized carbons (Fsp3) is 0.323. The van der Waals surface area contributed by atoms with E-state index in [1.165, 1.54) is 4.90 Å². The van der Waals surface area contributed by atoms with E-state index < -0.39 is 18.2 Å². The molecular weight excluding hydrogens is 510 g/mol. The Bertz CT molecular complexity index is 1320. The molecular formula is C31H33N3O6. The van der Waals surface area contributed by atoms with Crippen molar-refractivity contribution in [2.24, 2.45) is 0 Å². The predicted molar refractivity (Wildman–Crippen MR) is 149 cm³/mol. The number of benzene rings is 3. The molecule has 2 N–H and O–H groups in total. The fourth-order valence-electron chi connectivity index (χ4n) is 5.15. The summed E-state index contributed by atoms with van der Waals surface area (Å²) in [7, 11) is 0. The third-order valence-corrected chi connectivity index (χ3v) is 7.42. The number of hydrogen-bond acceptors (Lipinski definition) is 5. The first-order chi connectivity index (χ1) is 19.5. The lowest BCUT2D eigenvalue weighted by Crippen LogP contribution is -2.50. The number of urea groups is 1. The Hall–Kier alpha value is -4.53. The first kappa shape index (κ1) is 27.1. The highest BCUT2D eigenvalue weighted by molar-refractivity contribution is 5.91. The normalized spacial score (nSPS) is 16.4. The highest BCUT2D eigenvalue weighted by Crippen LogP contribution is 2.25. The number of fused-ring (bicyclic) bond motifs is 1. The monoisotopic (exact) mass is 543 g/mol. The molecule has 0 bridgehead atoms. The first-order valence-corrected chi connectivity index (χ1v) is 13.6. The SMILES string of the molecule is O=C(O)C(Cc1ccc(OCc2ccccc2)cc1)OC(=O)N1CCC(N2CCc3ccccc3NC2=O)CC1. The van der Waals surface area contributed by atoms with Crippen molar-refractivity contribution < 1.29 is 29.0 Å². The van der Waals surface area contributed by atoms with Gasteiger partial charge in [-0.3, -0.25) is 0 Å². The third kappa shape index (κ3) is 6.72. The zero-order valence-corrected chi connectivity index (χ0v) is 22.2. The van der Waals surface area contributed by atoms with Crippen molar-refractivity contribution in [3.05, 3.63) is 95.6 Å². The molecule has 1 fully saturated rings. The summed E-state index contributed by atoms with van der Waals surface area (Å²) in [4.78, 5) is 41.0. The number of piperidine rings is 1. The number of hydrogen-bond donors (Lipinski definition) is 2. The molecule has 1 saturated heterocycles. The summed E-state index contributed by atoms with van der Waals surface area (Å²) in [6, 6.07) is 24.6. The Morgan fingerprint density at radius 1 is 0.900 bits per heavy atom. The van der Waals surface area contributed by atoms with Gasteiger partial charge in [0.15, 0.2) is 0 Å². The van der Waals surface area contributed by atoms with E-state index in [9.17, 15) is 19.5 Å². The van der Waals surface area contributed by atoms with E-state index in [-0.39, 0.29) is 18.5 Å². The molecule has 3 aromatic rings. The maximum atomic E-state index is 12.9. The minimum atomic E-state index is -1.31. The Kier molecular flexibility index (Phi) is 8.49. The van der Waals surface area contributed by atoms with Gasteiger partial charge in [-0.2, -0.15) is 0 Å². The highest BCUT2D eigenvalue weighted by Gasteiger charge is 2.33. The summed E-state index contributed by atoms with van der Waals surface area (Å²) in [5.41, 5.74) is 3.71. The number of carbonyl (C=O) groups is 3. The van der Waals surface area contributed by atoms with Crippen molar-refractivity contribution in [2.75, 3.05) is 25.0 Å². The largest absolute Gasteiger partial charge is 0.489 e. The molecule has 0 spiro atoms. The summed E-state index contributed by atoms with van der Waals surface area (Å²) in [5, 5.41) is 12.7. The number of para-hydroxylation sites is 1. The van der Waals surface area contributed by atoms with Gasteiger partial charge >= 0.3 is 18.1 Å². The van der Waals surface area contributed by atoms with Gasteiger partial charge < -0.3 is 29.7 Å². The molecule has 5 rings (SSSR count). The van der Waals surface area contributed by atoms with Crippen LogP contribution in [0.2, 0.25) is 0 Å². The van der Waals surface area contributed by atoms with Crippen molar-refractivity contribution in [1.29, 1.82) is 0 Å². The number of aliphatic carboxylic acids is 1. The molecule has 1 atom stereocenters. The highest BCUT2D eigenvalue weighted by atomic mass is 16.6. The van der Waals surface area contributed by atoms with Gasteiger partial charge in [-0.15, -0.1) is 0 Å². The van der Waals surface area contributed by atoms with Crippen LogP contribution in [0.1, 0.15) is 29.5 Å². The van der Waals surface area contributed by atoms with Crippen LogP contribution in [0.4, 0.5) is 15.3 Å². The summed E-state index contributed by atoms with van der Waals surface area (Å²) in [5.74, 6) is -0.533. The van der Waals surface area contributed by atoms with Gasteiger partial charge in [0, 0.05) is 37.8 Å². The van der Waals surface area contributed by atoms with Crippen LogP contribution < -0.4 is 10.1 Å². The van der Waals surface area contributed by atoms with Crippen molar-refractivity contribution in [1.82, 2.24) is 9.80 Å². The summed E-state index contributed by atoms with van der Waals surface area (Å²) in [6.07, 6.45) is 0.0441. The van der Waals surface area contributed by atoms with Crippen LogP contribution in [-0.2, 0) is 29.0 Å². The second-order valence-electron chi connectivity index (χ2n) is 10.1. The van der Waals surface area contributed by atoms with Crippen LogP contribution in [0.15, 0.2) is 78.9 Å². The standard InChI is InChI=1S/C31H33N3O6/c35-29(36)28(20-22-10-12-26(13-11-22)39-21-23-6-2-1-3-7-23)40-31(38)33-17-15-25(16-18-33)34-19-14-24-8-4-5-9-27(24)32-30(34)37/h1-13,25,28H,14-21H2,(H,32,37)(H,35,36). The summed E-state index contributed by atoms with van der Waals surface area (Å²) >= 11 is 0. The van der Waals surface area contributed by atoms with Crippen LogP contribution in [0.3, 0.4) is 0 Å². The quantitative estimate of drug-likeness (QED) is 0.416. The topological polar surface area (TPSA) is 108 Å². The van der Waals surface area contributed by atoms with E-state index in [1.54, 1.807) is 24.3 Å². The number of likely N-dealkylation sites (tertiary alicyclic amines) is 1. The number of carbonyl (C=O) groups excluding carboxylic acids is 2. The van der Waals surface area contributed by atoms with Gasteiger partial charge in [0.2, 0.25) is 6.10 Å². The second kappa shape index (κ2) is 12.5. The van der Waals surface area contributed by atoms with Gasteiger partial charge in [0.05, 0.1) is 0 Å². The number of carboxylic acid groups (broad SMARTS) is 1. The van der Waals surface area contributed by atoms with Crippen LogP contribution in [0.25, 0.3) is 0 Å². The summed E-state index contributed by atoms with van der Waals surface area (Å²) in [6.45, 7) is 1.82. The number of rotatable bonds is 8. The number of ether oxygens (including phenoxy) is 2. The van der Waals surface area contributed by atoms with Gasteiger partial charge in [0.1, 0.15) is 12.4 Å². The molecule has 0 radical (unpaired) electrons. The van der Waals surface area contributed by atoms with Crippen LogP contribution in [0, 0.1) is 0 Å². The Balaban J connectivity index is 1.10. The number of nitrogens with one attached hydrogen (secondary N) is 1. The smallest absolute Gasteiger partial charge is 0.410 e. The molecule has 9 heteroatoms. The molecule has 0 saturated carbocycles. The number of nitrogens with zero attached hydrogens (tertiary/aromatic N) is 2.